The average Bonchev–Trinajstić information content (AvgIpc) is 2.50. The van der Waals surface area contributed by atoms with Gasteiger partial charge in [0.05, 0.1) is 11.6 Å². The normalized spacial score (nSPS) is 11.2. The predicted octanol–water partition coefficient (Wildman–Crippen LogP) is 0.901. The Kier molecular flexibility index (Phi) is 6.08. The van der Waals surface area contributed by atoms with Gasteiger partial charge in [0.1, 0.15) is 11.8 Å². The Balaban J connectivity index is 2.69. The number of hydrogen-bond donors (Lipinski definition) is 2. The van der Waals surface area contributed by atoms with Crippen molar-refractivity contribution in [2.24, 2.45) is 5.73 Å². The van der Waals surface area contributed by atoms with Gasteiger partial charge < -0.3 is 11.1 Å². The lowest BCUT2D eigenvalue weighted by Crippen LogP contribution is -2.44. The van der Waals surface area contributed by atoms with Crippen molar-refractivity contribution in [1.29, 1.82) is 5.26 Å². The minimum atomic E-state index is -0.886. The summed E-state index contributed by atoms with van der Waals surface area (Å²) < 4.78 is 0. The van der Waals surface area contributed by atoms with E-state index in [2.05, 4.69) is 5.32 Å². The van der Waals surface area contributed by atoms with E-state index in [-0.39, 0.29) is 18.6 Å². The molecule has 0 aliphatic rings. The third-order valence-corrected chi connectivity index (χ3v) is 3.03. The number of nitriles is 1. The molecular formula is C15H17N3O3. The summed E-state index contributed by atoms with van der Waals surface area (Å²) in [4.78, 5) is 34.6. The van der Waals surface area contributed by atoms with Crippen LogP contribution in [0.3, 0.4) is 0 Å². The molecule has 0 aliphatic heterocycles. The summed E-state index contributed by atoms with van der Waals surface area (Å²) in [5.74, 6) is -1.14. The molecule has 21 heavy (non-hydrogen) atoms. The first-order valence-corrected chi connectivity index (χ1v) is 6.60. The van der Waals surface area contributed by atoms with Crippen molar-refractivity contribution >= 4 is 17.6 Å². The molecule has 6 nitrogen and oxygen atoms in total. The van der Waals surface area contributed by atoms with E-state index >= 15 is 0 Å². The van der Waals surface area contributed by atoms with Gasteiger partial charge in [0.15, 0.2) is 0 Å². The first-order valence-electron chi connectivity index (χ1n) is 6.60. The Morgan fingerprint density at radius 2 is 1.90 bits per heavy atom. The van der Waals surface area contributed by atoms with Crippen LogP contribution >= 0.6 is 0 Å². The number of rotatable bonds is 7. The zero-order valence-corrected chi connectivity index (χ0v) is 11.8. The van der Waals surface area contributed by atoms with Crippen molar-refractivity contribution in [3.05, 3.63) is 35.4 Å². The minimum Gasteiger partial charge on any atom is -0.368 e. The van der Waals surface area contributed by atoms with E-state index in [1.165, 1.54) is 24.3 Å². The fraction of sp³-hybridized carbons (Fsp3) is 0.333. The van der Waals surface area contributed by atoms with Crippen molar-refractivity contribution in [3.8, 4) is 6.07 Å². The number of primary amides is 1. The van der Waals surface area contributed by atoms with Crippen LogP contribution in [-0.4, -0.2) is 23.6 Å². The molecule has 0 bridgehead atoms. The van der Waals surface area contributed by atoms with E-state index in [1.807, 2.05) is 6.07 Å². The molecule has 3 N–H and O–H groups in total. The van der Waals surface area contributed by atoms with Crippen LogP contribution in [0.4, 0.5) is 0 Å². The molecule has 0 radical (unpaired) electrons. The van der Waals surface area contributed by atoms with Crippen LogP contribution in [0.15, 0.2) is 24.3 Å². The molecular weight excluding hydrogens is 270 g/mol. The first kappa shape index (κ1) is 16.4. The average molecular weight is 287 g/mol. The van der Waals surface area contributed by atoms with Gasteiger partial charge >= 0.3 is 0 Å². The van der Waals surface area contributed by atoms with Gasteiger partial charge in [-0.2, -0.15) is 5.26 Å². The van der Waals surface area contributed by atoms with Crippen LogP contribution in [0.25, 0.3) is 0 Å². The highest BCUT2D eigenvalue weighted by molar-refractivity contribution is 5.97. The van der Waals surface area contributed by atoms with Crippen LogP contribution in [0.1, 0.15) is 42.1 Å². The second-order valence-electron chi connectivity index (χ2n) is 4.55. The van der Waals surface area contributed by atoms with Crippen LogP contribution in [0, 0.1) is 11.3 Å². The zero-order valence-electron chi connectivity index (χ0n) is 11.8. The number of Topliss-reactive ketones (excluding diaryl/α,β-unsaturated/α-hetero) is 1. The smallest absolute Gasteiger partial charge is 0.251 e. The molecule has 1 aromatic carbocycles. The third kappa shape index (κ3) is 5.07. The molecule has 0 saturated carbocycles. The number of nitrogens with one attached hydrogen (secondary N) is 1. The van der Waals surface area contributed by atoms with Gasteiger partial charge in [-0.1, -0.05) is 6.92 Å². The highest BCUT2D eigenvalue weighted by atomic mass is 16.2. The molecule has 0 aromatic heterocycles. The van der Waals surface area contributed by atoms with E-state index < -0.39 is 17.9 Å². The lowest BCUT2D eigenvalue weighted by molar-refractivity contribution is -0.121. The monoisotopic (exact) mass is 287 g/mol. The molecule has 1 atom stereocenters. The van der Waals surface area contributed by atoms with E-state index in [0.717, 1.165) is 0 Å². The number of hydrogen-bond acceptors (Lipinski definition) is 4. The number of benzene rings is 1. The fourth-order valence-corrected chi connectivity index (χ4v) is 1.71. The van der Waals surface area contributed by atoms with Crippen molar-refractivity contribution in [2.45, 2.75) is 32.2 Å². The molecule has 2 amide bonds. The zero-order chi connectivity index (χ0) is 15.8. The maximum absolute atomic E-state index is 12.0. The second-order valence-corrected chi connectivity index (χ2v) is 4.55. The highest BCUT2D eigenvalue weighted by Crippen LogP contribution is 2.06. The van der Waals surface area contributed by atoms with E-state index in [1.54, 1.807) is 6.92 Å². The van der Waals surface area contributed by atoms with Gasteiger partial charge in [0, 0.05) is 18.4 Å². The summed E-state index contributed by atoms with van der Waals surface area (Å²) in [7, 11) is 0. The lowest BCUT2D eigenvalue weighted by atomic mass is 10.1. The number of nitrogens with two attached hydrogens (primary N) is 1. The first-order chi connectivity index (χ1) is 9.97. The van der Waals surface area contributed by atoms with Crippen molar-refractivity contribution < 1.29 is 14.4 Å². The van der Waals surface area contributed by atoms with Gasteiger partial charge in [0.25, 0.3) is 5.91 Å². The van der Waals surface area contributed by atoms with Crippen LogP contribution in [0.5, 0.6) is 0 Å². The molecule has 1 aromatic rings. The number of ketones is 1. The number of amides is 2. The van der Waals surface area contributed by atoms with Crippen LogP contribution in [-0.2, 0) is 9.59 Å². The predicted molar refractivity (Wildman–Crippen MR) is 76.1 cm³/mol. The number of carbonyl (C=O) groups is 3. The van der Waals surface area contributed by atoms with Crippen LogP contribution < -0.4 is 11.1 Å². The second kappa shape index (κ2) is 7.80. The Morgan fingerprint density at radius 3 is 2.38 bits per heavy atom. The van der Waals surface area contributed by atoms with Crippen LogP contribution in [0.2, 0.25) is 0 Å². The molecule has 0 heterocycles. The fourth-order valence-electron chi connectivity index (χ4n) is 1.71. The molecule has 0 fully saturated rings. The minimum absolute atomic E-state index is 0.00821. The molecule has 0 aliphatic carbocycles. The quantitative estimate of drug-likeness (QED) is 0.775. The summed E-state index contributed by atoms with van der Waals surface area (Å²) in [5.41, 5.74) is 5.99. The summed E-state index contributed by atoms with van der Waals surface area (Å²) in [6, 6.07) is 7.06. The maximum Gasteiger partial charge on any atom is 0.251 e. The van der Waals surface area contributed by atoms with E-state index in [4.69, 9.17) is 11.0 Å². The SMILES string of the molecule is CCC(=O)CC[C@@H](NC(=O)c1ccc(C#N)cc1)C(N)=O. The van der Waals surface area contributed by atoms with Crippen molar-refractivity contribution in [3.63, 3.8) is 0 Å². The molecule has 0 unspecified atom stereocenters. The largest absolute Gasteiger partial charge is 0.368 e. The summed E-state index contributed by atoms with van der Waals surface area (Å²) >= 11 is 0. The Bertz CT molecular complexity index is 573. The molecule has 110 valence electrons. The summed E-state index contributed by atoms with van der Waals surface area (Å²) in [6.07, 6.45) is 0.761. The number of nitrogens with zero attached hydrogens (tertiary/aromatic N) is 1. The van der Waals surface area contributed by atoms with Gasteiger partial charge in [0.2, 0.25) is 5.91 Å². The van der Waals surface area contributed by atoms with Crippen molar-refractivity contribution in [1.82, 2.24) is 5.32 Å². The van der Waals surface area contributed by atoms with E-state index in [0.29, 0.717) is 17.5 Å². The van der Waals surface area contributed by atoms with Gasteiger partial charge in [-0.15, -0.1) is 0 Å². The summed E-state index contributed by atoms with van der Waals surface area (Å²) in [5, 5.41) is 11.2. The maximum atomic E-state index is 12.0. The molecule has 6 heteroatoms. The Labute approximate surface area is 122 Å². The molecule has 0 saturated heterocycles. The molecule has 0 spiro atoms. The van der Waals surface area contributed by atoms with Gasteiger partial charge in [-0.05, 0) is 30.7 Å². The van der Waals surface area contributed by atoms with E-state index in [9.17, 15) is 14.4 Å². The highest BCUT2D eigenvalue weighted by Gasteiger charge is 2.19. The Morgan fingerprint density at radius 1 is 1.29 bits per heavy atom. The van der Waals surface area contributed by atoms with Crippen molar-refractivity contribution in [2.75, 3.05) is 0 Å². The standard InChI is InChI=1S/C15H17N3O3/c1-2-12(19)7-8-13(14(17)20)18-15(21)11-5-3-10(9-16)4-6-11/h3-6,13H,2,7-8H2,1H3,(H2,17,20)(H,18,21)/t13-/m1/s1. The lowest BCUT2D eigenvalue weighted by Gasteiger charge is -2.15. The molecule has 1 rings (SSSR count). The Hall–Kier alpha value is -2.68. The topological polar surface area (TPSA) is 113 Å². The van der Waals surface area contributed by atoms with Gasteiger partial charge in [-0.3, -0.25) is 14.4 Å². The third-order valence-electron chi connectivity index (χ3n) is 3.03. The number of carbonyl (C=O) groups excluding carboxylic acids is 3. The van der Waals surface area contributed by atoms with Gasteiger partial charge in [-0.25, -0.2) is 0 Å². The summed E-state index contributed by atoms with van der Waals surface area (Å²) in [6.45, 7) is 1.73.